The Hall–Kier alpha value is -1.64. The molecule has 0 bridgehead atoms. The monoisotopic (exact) mass is 297 g/mol. The van der Waals surface area contributed by atoms with E-state index in [9.17, 15) is 0 Å². The molecular formula is C20H27NO. The number of ether oxygens (including phenoxy) is 1. The largest absolute Gasteiger partial charge is 0.384 e. The summed E-state index contributed by atoms with van der Waals surface area (Å²) in [7, 11) is 6.08. The fourth-order valence-electron chi connectivity index (χ4n) is 3.36. The third kappa shape index (κ3) is 4.97. The van der Waals surface area contributed by atoms with Gasteiger partial charge in [0.2, 0.25) is 0 Å². The lowest BCUT2D eigenvalue weighted by Gasteiger charge is -2.36. The molecule has 2 aromatic rings. The SMILES string of the molecule is COCC(Cc1ccccc1)(Cc1ccccc1)CN(C)C. The zero-order chi connectivity index (χ0) is 15.8. The van der Waals surface area contributed by atoms with E-state index in [1.807, 2.05) is 0 Å². The molecule has 0 saturated carbocycles. The van der Waals surface area contributed by atoms with Crippen molar-refractivity contribution in [3.8, 4) is 0 Å². The van der Waals surface area contributed by atoms with E-state index in [0.29, 0.717) is 0 Å². The van der Waals surface area contributed by atoms with Crippen LogP contribution in [0.1, 0.15) is 11.1 Å². The molecule has 0 aliphatic carbocycles. The van der Waals surface area contributed by atoms with Crippen molar-refractivity contribution in [1.82, 2.24) is 4.90 Å². The summed E-state index contributed by atoms with van der Waals surface area (Å²) in [6.45, 7) is 1.76. The van der Waals surface area contributed by atoms with E-state index in [1.54, 1.807) is 7.11 Å². The van der Waals surface area contributed by atoms with Gasteiger partial charge in [0.1, 0.15) is 0 Å². The molecule has 118 valence electrons. The van der Waals surface area contributed by atoms with Crippen molar-refractivity contribution in [2.75, 3.05) is 34.4 Å². The van der Waals surface area contributed by atoms with Gasteiger partial charge in [-0.3, -0.25) is 0 Å². The van der Waals surface area contributed by atoms with Crippen LogP contribution in [0.2, 0.25) is 0 Å². The maximum Gasteiger partial charge on any atom is 0.0537 e. The fraction of sp³-hybridized carbons (Fsp3) is 0.400. The Balaban J connectivity index is 2.28. The lowest BCUT2D eigenvalue weighted by molar-refractivity contribution is 0.0570. The van der Waals surface area contributed by atoms with Crippen molar-refractivity contribution in [2.45, 2.75) is 12.8 Å². The molecule has 0 aliphatic rings. The van der Waals surface area contributed by atoms with E-state index in [-0.39, 0.29) is 5.41 Å². The molecule has 0 aromatic heterocycles. The lowest BCUT2D eigenvalue weighted by Crippen LogP contribution is -2.41. The second-order valence-corrected chi connectivity index (χ2v) is 6.50. The topological polar surface area (TPSA) is 12.5 Å². The van der Waals surface area contributed by atoms with Crippen molar-refractivity contribution < 1.29 is 4.74 Å². The average Bonchev–Trinajstić information content (AvgIpc) is 2.48. The smallest absolute Gasteiger partial charge is 0.0537 e. The Bertz CT molecular complexity index is 495. The minimum Gasteiger partial charge on any atom is -0.384 e. The van der Waals surface area contributed by atoms with E-state index < -0.39 is 0 Å². The number of hydrogen-bond donors (Lipinski definition) is 0. The predicted molar refractivity (Wildman–Crippen MR) is 93.2 cm³/mol. The quantitative estimate of drug-likeness (QED) is 0.737. The van der Waals surface area contributed by atoms with Gasteiger partial charge < -0.3 is 9.64 Å². The minimum atomic E-state index is 0.0843. The summed E-state index contributed by atoms with van der Waals surface area (Å²) in [5, 5.41) is 0. The van der Waals surface area contributed by atoms with Crippen LogP contribution in [-0.4, -0.2) is 39.3 Å². The Labute approximate surface area is 134 Å². The number of benzene rings is 2. The first-order chi connectivity index (χ1) is 10.6. The summed E-state index contributed by atoms with van der Waals surface area (Å²) >= 11 is 0. The first-order valence-electron chi connectivity index (χ1n) is 7.85. The molecule has 0 aliphatic heterocycles. The molecule has 0 fully saturated rings. The maximum atomic E-state index is 5.63. The summed E-state index contributed by atoms with van der Waals surface area (Å²) in [6, 6.07) is 21.5. The van der Waals surface area contributed by atoms with Crippen LogP contribution in [0, 0.1) is 5.41 Å². The maximum absolute atomic E-state index is 5.63. The average molecular weight is 297 g/mol. The van der Waals surface area contributed by atoms with E-state index in [2.05, 4.69) is 79.7 Å². The molecule has 0 saturated heterocycles. The second-order valence-electron chi connectivity index (χ2n) is 6.50. The van der Waals surface area contributed by atoms with Gasteiger partial charge in [-0.15, -0.1) is 0 Å². The predicted octanol–water partition coefficient (Wildman–Crippen LogP) is 3.67. The highest BCUT2D eigenvalue weighted by atomic mass is 16.5. The summed E-state index contributed by atoms with van der Waals surface area (Å²) in [6.07, 6.45) is 2.05. The first-order valence-corrected chi connectivity index (χ1v) is 7.85. The molecule has 0 spiro atoms. The molecule has 0 heterocycles. The summed E-state index contributed by atoms with van der Waals surface area (Å²) in [4.78, 5) is 2.27. The molecule has 0 amide bonds. The molecule has 2 rings (SSSR count). The normalized spacial score (nSPS) is 11.8. The second kappa shape index (κ2) is 8.11. The molecule has 2 heteroatoms. The van der Waals surface area contributed by atoms with Gasteiger partial charge in [-0.25, -0.2) is 0 Å². The van der Waals surface area contributed by atoms with Crippen LogP contribution in [0.3, 0.4) is 0 Å². The molecular weight excluding hydrogens is 270 g/mol. The van der Waals surface area contributed by atoms with E-state index in [0.717, 1.165) is 26.0 Å². The minimum absolute atomic E-state index is 0.0843. The number of nitrogens with zero attached hydrogens (tertiary/aromatic N) is 1. The Morgan fingerprint density at radius 2 is 1.27 bits per heavy atom. The molecule has 0 radical (unpaired) electrons. The van der Waals surface area contributed by atoms with Crippen LogP contribution in [0.15, 0.2) is 60.7 Å². The number of rotatable bonds is 8. The molecule has 2 nitrogen and oxygen atoms in total. The van der Waals surface area contributed by atoms with Crippen LogP contribution in [0.5, 0.6) is 0 Å². The van der Waals surface area contributed by atoms with Crippen molar-refractivity contribution >= 4 is 0 Å². The summed E-state index contributed by atoms with van der Waals surface area (Å²) in [5.41, 5.74) is 2.83. The lowest BCUT2D eigenvalue weighted by atomic mass is 9.76. The fourth-order valence-corrected chi connectivity index (χ4v) is 3.36. The Morgan fingerprint density at radius 3 is 1.64 bits per heavy atom. The summed E-state index contributed by atoms with van der Waals surface area (Å²) in [5.74, 6) is 0. The van der Waals surface area contributed by atoms with Gasteiger partial charge in [0.05, 0.1) is 6.61 Å². The van der Waals surface area contributed by atoms with Gasteiger partial charge in [0.25, 0.3) is 0 Å². The van der Waals surface area contributed by atoms with Gasteiger partial charge in [-0.2, -0.15) is 0 Å². The molecule has 2 aromatic carbocycles. The van der Waals surface area contributed by atoms with Gasteiger partial charge >= 0.3 is 0 Å². The standard InChI is InChI=1S/C20H27NO/c1-21(2)16-20(17-22-3,14-18-10-6-4-7-11-18)15-19-12-8-5-9-13-19/h4-13H,14-17H2,1-3H3. The van der Waals surface area contributed by atoms with Crippen LogP contribution in [0.25, 0.3) is 0 Å². The number of methoxy groups -OCH3 is 1. The highest BCUT2D eigenvalue weighted by molar-refractivity contribution is 5.21. The van der Waals surface area contributed by atoms with Crippen molar-refractivity contribution in [3.05, 3.63) is 71.8 Å². The number of hydrogen-bond acceptors (Lipinski definition) is 2. The molecule has 0 atom stereocenters. The third-order valence-corrected chi connectivity index (χ3v) is 3.95. The van der Waals surface area contributed by atoms with Gasteiger partial charge in [0.15, 0.2) is 0 Å². The molecule has 22 heavy (non-hydrogen) atoms. The Morgan fingerprint density at radius 1 is 0.818 bits per heavy atom. The summed E-state index contributed by atoms with van der Waals surface area (Å²) < 4.78 is 5.63. The van der Waals surface area contributed by atoms with Gasteiger partial charge in [-0.05, 0) is 38.1 Å². The highest BCUT2D eigenvalue weighted by Gasteiger charge is 2.31. The zero-order valence-corrected chi connectivity index (χ0v) is 14.0. The zero-order valence-electron chi connectivity index (χ0n) is 14.0. The van der Waals surface area contributed by atoms with E-state index >= 15 is 0 Å². The van der Waals surface area contributed by atoms with Crippen LogP contribution in [0.4, 0.5) is 0 Å². The first kappa shape index (κ1) is 16.7. The van der Waals surface area contributed by atoms with Gasteiger partial charge in [-0.1, -0.05) is 60.7 Å². The van der Waals surface area contributed by atoms with Crippen molar-refractivity contribution in [1.29, 1.82) is 0 Å². The molecule has 0 unspecified atom stereocenters. The Kier molecular flexibility index (Phi) is 6.17. The van der Waals surface area contributed by atoms with Crippen molar-refractivity contribution in [2.24, 2.45) is 5.41 Å². The van der Waals surface area contributed by atoms with E-state index in [4.69, 9.17) is 4.74 Å². The van der Waals surface area contributed by atoms with E-state index in [1.165, 1.54) is 11.1 Å². The molecule has 0 N–H and O–H groups in total. The van der Waals surface area contributed by atoms with Crippen LogP contribution >= 0.6 is 0 Å². The van der Waals surface area contributed by atoms with Gasteiger partial charge in [0, 0.05) is 19.1 Å². The van der Waals surface area contributed by atoms with Crippen LogP contribution < -0.4 is 0 Å². The third-order valence-electron chi connectivity index (χ3n) is 3.95. The van der Waals surface area contributed by atoms with Crippen molar-refractivity contribution in [3.63, 3.8) is 0 Å². The van der Waals surface area contributed by atoms with Crippen LogP contribution in [-0.2, 0) is 17.6 Å². The highest BCUT2D eigenvalue weighted by Crippen LogP contribution is 2.29.